The van der Waals surface area contributed by atoms with Crippen molar-refractivity contribution in [1.82, 2.24) is 0 Å². The van der Waals surface area contributed by atoms with E-state index in [1.807, 2.05) is 6.92 Å². The van der Waals surface area contributed by atoms with E-state index < -0.39 is 135 Å². The Hall–Kier alpha value is -2.80. The van der Waals surface area contributed by atoms with Gasteiger partial charge in [-0.2, -0.15) is 0 Å². The van der Waals surface area contributed by atoms with E-state index in [1.54, 1.807) is 6.08 Å². The third kappa shape index (κ3) is 8.72. The van der Waals surface area contributed by atoms with Gasteiger partial charge in [-0.1, -0.05) is 13.0 Å². The van der Waals surface area contributed by atoms with Gasteiger partial charge in [0.2, 0.25) is 12.6 Å². The van der Waals surface area contributed by atoms with Crippen LogP contribution in [-0.4, -0.2) is 174 Å². The molecule has 0 radical (unpaired) electrons. The average Bonchev–Trinajstić information content (AvgIpc) is 3.49. The molecule has 4 heterocycles. The maximum Gasteiger partial charge on any atom is 0.337 e. The molecule has 0 spiro atoms. The Morgan fingerprint density at radius 1 is 0.836 bits per heavy atom. The van der Waals surface area contributed by atoms with Gasteiger partial charge < -0.3 is 88.2 Å². The lowest BCUT2D eigenvalue weighted by Crippen LogP contribution is -2.62. The van der Waals surface area contributed by atoms with Gasteiger partial charge in [0.1, 0.15) is 54.9 Å². The summed E-state index contributed by atoms with van der Waals surface area (Å²) < 4.78 is 57.9. The van der Waals surface area contributed by atoms with E-state index >= 15 is 0 Å². The molecule has 18 atom stereocenters. The molecular weight excluding hydrogens is 740 g/mol. The quantitative estimate of drug-likeness (QED) is 0.0551. The number of aliphatic hydroxyl groups excluding tert-OH is 8. The lowest BCUT2D eigenvalue weighted by molar-refractivity contribution is -0.373. The molecule has 4 bridgehead atoms. The van der Waals surface area contributed by atoms with Gasteiger partial charge in [0, 0.05) is 38.4 Å². The Morgan fingerprint density at radius 3 is 1.84 bits per heavy atom. The minimum Gasteiger partial charge on any atom is -0.471 e. The van der Waals surface area contributed by atoms with Crippen molar-refractivity contribution >= 4 is 11.9 Å². The lowest BCUT2D eigenvalue weighted by Gasteiger charge is -2.46. The van der Waals surface area contributed by atoms with E-state index in [2.05, 4.69) is 6.58 Å². The summed E-state index contributed by atoms with van der Waals surface area (Å²) in [6.45, 7) is 4.15. The first-order chi connectivity index (χ1) is 26.2. The molecule has 20 heteroatoms. The van der Waals surface area contributed by atoms with Crippen molar-refractivity contribution in [2.75, 3.05) is 34.5 Å². The van der Waals surface area contributed by atoms with E-state index in [0.717, 1.165) is 19.6 Å². The maximum absolute atomic E-state index is 14.2. The third-order valence-corrected chi connectivity index (χ3v) is 11.1. The van der Waals surface area contributed by atoms with Gasteiger partial charge in [-0.15, -0.1) is 6.58 Å². The Morgan fingerprint density at radius 2 is 1.36 bits per heavy atom. The summed E-state index contributed by atoms with van der Waals surface area (Å²) in [6.07, 6.45) is -19.3. The molecule has 1 aliphatic carbocycles. The summed E-state index contributed by atoms with van der Waals surface area (Å²) in [4.78, 5) is 27.6. The molecule has 5 rings (SSSR count). The highest BCUT2D eigenvalue weighted by Crippen LogP contribution is 2.47. The zero-order valence-electron chi connectivity index (χ0n) is 30.7. The van der Waals surface area contributed by atoms with Crippen LogP contribution in [0.25, 0.3) is 0 Å². The van der Waals surface area contributed by atoms with Crippen molar-refractivity contribution in [3.05, 3.63) is 36.3 Å². The number of carbonyl (C=O) groups excluding carboxylic acids is 2. The molecule has 1 saturated carbocycles. The fraction of sp³-hybridized carbons (Fsp3) is 0.771. The van der Waals surface area contributed by atoms with Gasteiger partial charge in [0.05, 0.1) is 49.9 Å². The number of allylic oxidation sites excluding steroid dienone is 1. The Labute approximate surface area is 316 Å². The predicted octanol–water partition coefficient (Wildman–Crippen LogP) is -3.12. The van der Waals surface area contributed by atoms with Crippen LogP contribution in [0.4, 0.5) is 0 Å². The summed E-state index contributed by atoms with van der Waals surface area (Å²) in [6, 6.07) is 0. The van der Waals surface area contributed by atoms with Crippen LogP contribution in [0.1, 0.15) is 19.8 Å². The second-order valence-corrected chi connectivity index (χ2v) is 14.1. The van der Waals surface area contributed by atoms with Crippen LogP contribution in [0, 0.1) is 29.6 Å². The maximum atomic E-state index is 14.2. The van der Waals surface area contributed by atoms with Crippen LogP contribution < -0.4 is 0 Å². The minimum atomic E-state index is -1.97. The van der Waals surface area contributed by atoms with Gasteiger partial charge in [-0.25, -0.2) is 9.59 Å². The van der Waals surface area contributed by atoms with Crippen LogP contribution in [0.5, 0.6) is 0 Å². The van der Waals surface area contributed by atoms with Crippen LogP contribution in [0.3, 0.4) is 0 Å². The van der Waals surface area contributed by atoms with Crippen LogP contribution in [0.15, 0.2) is 36.3 Å². The van der Waals surface area contributed by atoms with Crippen molar-refractivity contribution in [2.24, 2.45) is 29.6 Å². The molecule has 1 unspecified atom stereocenters. The lowest BCUT2D eigenvalue weighted by atomic mass is 9.80. The van der Waals surface area contributed by atoms with Crippen molar-refractivity contribution in [3.8, 4) is 0 Å². The molecule has 2 saturated heterocycles. The Balaban J connectivity index is 1.68. The van der Waals surface area contributed by atoms with Crippen LogP contribution in [-0.2, 0) is 57.0 Å². The summed E-state index contributed by atoms with van der Waals surface area (Å²) in [7, 11) is 3.83. The molecule has 0 amide bonds. The molecule has 0 aromatic carbocycles. The first-order valence-corrected chi connectivity index (χ1v) is 17.8. The minimum absolute atomic E-state index is 0.0251. The second kappa shape index (κ2) is 18.6. The number of hydrogen-bond acceptors (Lipinski definition) is 20. The Bertz CT molecular complexity index is 1380. The van der Waals surface area contributed by atoms with Crippen molar-refractivity contribution in [2.45, 2.75) is 106 Å². The first-order valence-electron chi connectivity index (χ1n) is 17.8. The second-order valence-electron chi connectivity index (χ2n) is 14.1. The molecule has 4 aliphatic heterocycles. The number of aliphatic hydroxyl groups is 8. The van der Waals surface area contributed by atoms with E-state index in [9.17, 15) is 50.4 Å². The average molecular weight is 793 g/mol. The molecule has 5 aliphatic rings. The number of rotatable bonds is 12. The molecule has 3 fully saturated rings. The summed E-state index contributed by atoms with van der Waals surface area (Å²) in [5, 5.41) is 83.7. The highest BCUT2D eigenvalue weighted by Gasteiger charge is 2.55. The van der Waals surface area contributed by atoms with E-state index in [1.165, 1.54) is 14.2 Å². The topological polar surface area (TPSA) is 288 Å². The van der Waals surface area contributed by atoms with Gasteiger partial charge in [-0.3, -0.25) is 0 Å². The zero-order chi connectivity index (χ0) is 40.3. The summed E-state index contributed by atoms with van der Waals surface area (Å²) >= 11 is 0. The normalized spacial score (nSPS) is 44.4. The zero-order valence-corrected chi connectivity index (χ0v) is 30.7. The molecule has 55 heavy (non-hydrogen) atoms. The van der Waals surface area contributed by atoms with E-state index in [0.29, 0.717) is 0 Å². The smallest absolute Gasteiger partial charge is 0.337 e. The van der Waals surface area contributed by atoms with Crippen molar-refractivity contribution in [1.29, 1.82) is 0 Å². The Kier molecular flexibility index (Phi) is 14.7. The van der Waals surface area contributed by atoms with E-state index in [4.69, 9.17) is 47.4 Å². The SMILES string of the molecule is C=CC1[C@@H]2C[C@H](OC(=O)C3=CO[C@@H](O[C@@H]4O[C@H](CO)[C@@H](O)[C@H](O)[C@H]4O)[C@H]([C@@H](O[C@@H]4O[C@H](CO)[C@@H](O)[C@H](O)[C@H]4O)O/C=C/2C(=O)OC)[C@@H]3CC(OC)OC)[C@H]1C. The van der Waals surface area contributed by atoms with Gasteiger partial charge in [0.25, 0.3) is 0 Å². The fourth-order valence-electron chi connectivity index (χ4n) is 7.83. The largest absolute Gasteiger partial charge is 0.471 e. The van der Waals surface area contributed by atoms with Gasteiger partial charge >= 0.3 is 11.9 Å². The van der Waals surface area contributed by atoms with Crippen molar-refractivity contribution in [3.63, 3.8) is 0 Å². The molecule has 0 aromatic rings. The van der Waals surface area contributed by atoms with Crippen LogP contribution >= 0.6 is 0 Å². The number of carbonyl (C=O) groups is 2. The standard InChI is InChI=1S/C35H52O20/c1-6-14-13(2)19-7-15(14)17(30(44)48-5)11-49-32(54-34-28(42)26(40)24(38)20(9-36)52-34)23-16(8-22(46-3)47-4)18(31(45)51-19)12-50-33(23)55-35-29(43)27(41)25(39)21(10-37)53-35/h6,11-16,19-29,32-43H,1,7-10H2,2-5H3/b17-11-/t13-,14?,15-,16+,19-,20+,21+,23-,24+,25+,26-,27-,28+,29+,32+,33-,34-,35-/m0/s1. The summed E-state index contributed by atoms with van der Waals surface area (Å²) in [5.74, 6) is -5.75. The van der Waals surface area contributed by atoms with Crippen LogP contribution in [0.2, 0.25) is 0 Å². The molecule has 312 valence electrons. The third-order valence-electron chi connectivity index (χ3n) is 11.1. The molecule has 20 nitrogen and oxygen atoms in total. The van der Waals surface area contributed by atoms with Gasteiger partial charge in [-0.05, 0) is 12.3 Å². The number of methoxy groups -OCH3 is 3. The molecule has 0 aromatic heterocycles. The highest BCUT2D eigenvalue weighted by molar-refractivity contribution is 5.90. The van der Waals surface area contributed by atoms with Gasteiger partial charge in [0.15, 0.2) is 18.9 Å². The number of hydrogen-bond donors (Lipinski definition) is 8. The number of ether oxygens (including phenoxy) is 10. The number of esters is 2. The predicted molar refractivity (Wildman–Crippen MR) is 178 cm³/mol. The highest BCUT2D eigenvalue weighted by atomic mass is 16.8. The number of fused-ring (bicyclic) bond motifs is 4. The monoisotopic (exact) mass is 792 g/mol. The fourth-order valence-corrected chi connectivity index (χ4v) is 7.83. The van der Waals surface area contributed by atoms with E-state index in [-0.39, 0.29) is 29.9 Å². The molecular formula is C35H52O20. The molecule has 8 N–H and O–H groups in total. The van der Waals surface area contributed by atoms with Crippen molar-refractivity contribution < 1.29 is 97.8 Å². The summed E-state index contributed by atoms with van der Waals surface area (Å²) in [5.41, 5.74) is -0.129. The first kappa shape index (κ1) is 43.3.